The highest BCUT2D eigenvalue weighted by atomic mass is 16.4. The van der Waals surface area contributed by atoms with E-state index >= 15 is 0 Å². The van der Waals surface area contributed by atoms with Crippen LogP contribution in [-0.4, -0.2) is 41.1 Å². The maximum Gasteiger partial charge on any atom is 0.317 e. The van der Waals surface area contributed by atoms with Crippen LogP contribution in [0.3, 0.4) is 0 Å². The molecular weight excluding hydrogens is 208 g/mol. The standard InChI is InChI=1S/C11H22N2O3/c1-5-9(4)13(6-2)11(16)12-7-8(3)10(14)15/h8-9H,5-7H2,1-4H3,(H,12,16)(H,14,15). The molecule has 0 saturated carbocycles. The van der Waals surface area contributed by atoms with Gasteiger partial charge in [-0.2, -0.15) is 0 Å². The summed E-state index contributed by atoms with van der Waals surface area (Å²) in [5.41, 5.74) is 0. The Morgan fingerprint density at radius 2 is 1.88 bits per heavy atom. The lowest BCUT2D eigenvalue weighted by Crippen LogP contribution is -2.46. The molecule has 94 valence electrons. The first-order valence-corrected chi connectivity index (χ1v) is 5.71. The normalized spacial score (nSPS) is 14.0. The van der Waals surface area contributed by atoms with Crippen LogP contribution in [-0.2, 0) is 4.79 Å². The van der Waals surface area contributed by atoms with Crippen molar-refractivity contribution in [3.63, 3.8) is 0 Å². The first-order valence-electron chi connectivity index (χ1n) is 5.71. The van der Waals surface area contributed by atoms with Crippen LogP contribution in [0, 0.1) is 5.92 Å². The highest BCUT2D eigenvalue weighted by Gasteiger charge is 2.18. The van der Waals surface area contributed by atoms with Crippen LogP contribution < -0.4 is 5.32 Å². The molecule has 2 N–H and O–H groups in total. The quantitative estimate of drug-likeness (QED) is 0.727. The zero-order chi connectivity index (χ0) is 12.7. The molecule has 0 aromatic rings. The maximum atomic E-state index is 11.7. The van der Waals surface area contributed by atoms with Crippen molar-refractivity contribution in [3.8, 4) is 0 Å². The van der Waals surface area contributed by atoms with E-state index in [4.69, 9.17) is 5.11 Å². The lowest BCUT2D eigenvalue weighted by Gasteiger charge is -2.27. The summed E-state index contributed by atoms with van der Waals surface area (Å²) in [6, 6.07) is -0.0184. The molecule has 2 unspecified atom stereocenters. The Bertz CT molecular complexity index is 243. The molecule has 16 heavy (non-hydrogen) atoms. The van der Waals surface area contributed by atoms with Gasteiger partial charge in [-0.15, -0.1) is 0 Å². The predicted molar refractivity (Wildman–Crippen MR) is 62.3 cm³/mol. The number of urea groups is 1. The van der Waals surface area contributed by atoms with Crippen LogP contribution in [0.25, 0.3) is 0 Å². The highest BCUT2D eigenvalue weighted by molar-refractivity contribution is 5.76. The molecule has 0 aliphatic carbocycles. The first-order chi connectivity index (χ1) is 7.43. The van der Waals surface area contributed by atoms with E-state index in [0.717, 1.165) is 6.42 Å². The first kappa shape index (κ1) is 14.7. The molecule has 0 heterocycles. The van der Waals surface area contributed by atoms with Crippen molar-refractivity contribution in [1.82, 2.24) is 10.2 Å². The van der Waals surface area contributed by atoms with Crippen LogP contribution in [0.1, 0.15) is 34.1 Å². The summed E-state index contributed by atoms with van der Waals surface area (Å²) in [6.45, 7) is 8.27. The fourth-order valence-corrected chi connectivity index (χ4v) is 1.31. The summed E-state index contributed by atoms with van der Waals surface area (Å²) in [5.74, 6) is -1.45. The van der Waals surface area contributed by atoms with E-state index < -0.39 is 11.9 Å². The van der Waals surface area contributed by atoms with E-state index in [9.17, 15) is 9.59 Å². The van der Waals surface area contributed by atoms with E-state index in [-0.39, 0.29) is 18.6 Å². The Balaban J connectivity index is 4.17. The monoisotopic (exact) mass is 230 g/mol. The molecule has 0 saturated heterocycles. The van der Waals surface area contributed by atoms with Crippen LogP contribution in [0.2, 0.25) is 0 Å². The van der Waals surface area contributed by atoms with Crippen molar-refractivity contribution < 1.29 is 14.7 Å². The minimum atomic E-state index is -0.896. The highest BCUT2D eigenvalue weighted by Crippen LogP contribution is 2.03. The van der Waals surface area contributed by atoms with Gasteiger partial charge in [-0.3, -0.25) is 4.79 Å². The van der Waals surface area contributed by atoms with Crippen molar-refractivity contribution in [2.45, 2.75) is 40.2 Å². The second-order valence-electron chi connectivity index (χ2n) is 3.97. The molecule has 0 aromatic carbocycles. The van der Waals surface area contributed by atoms with Crippen LogP contribution >= 0.6 is 0 Å². The number of hydrogen-bond acceptors (Lipinski definition) is 2. The molecular formula is C11H22N2O3. The molecule has 0 spiro atoms. The van der Waals surface area contributed by atoms with Crippen molar-refractivity contribution in [2.75, 3.05) is 13.1 Å². The van der Waals surface area contributed by atoms with Gasteiger partial charge in [-0.25, -0.2) is 4.79 Å². The van der Waals surface area contributed by atoms with Crippen molar-refractivity contribution in [2.24, 2.45) is 5.92 Å². The molecule has 0 aliphatic rings. The lowest BCUT2D eigenvalue weighted by atomic mass is 10.2. The van der Waals surface area contributed by atoms with E-state index in [2.05, 4.69) is 5.32 Å². The molecule has 0 aromatic heterocycles. The minimum absolute atomic E-state index is 0.168. The third-order valence-corrected chi connectivity index (χ3v) is 2.71. The summed E-state index contributed by atoms with van der Waals surface area (Å²) in [7, 11) is 0. The molecule has 0 aliphatic heterocycles. The number of nitrogens with zero attached hydrogens (tertiary/aromatic N) is 1. The molecule has 5 nitrogen and oxygen atoms in total. The number of nitrogens with one attached hydrogen (secondary N) is 1. The van der Waals surface area contributed by atoms with Gasteiger partial charge in [0.25, 0.3) is 0 Å². The number of carboxylic acid groups (broad SMARTS) is 1. The van der Waals surface area contributed by atoms with Gasteiger partial charge in [0, 0.05) is 19.1 Å². The lowest BCUT2D eigenvalue weighted by molar-refractivity contribution is -0.140. The molecule has 5 heteroatoms. The Morgan fingerprint density at radius 3 is 2.25 bits per heavy atom. The number of hydrogen-bond donors (Lipinski definition) is 2. The number of carbonyl (C=O) groups is 2. The van der Waals surface area contributed by atoms with Crippen molar-refractivity contribution >= 4 is 12.0 Å². The van der Waals surface area contributed by atoms with Gasteiger partial charge >= 0.3 is 12.0 Å². The van der Waals surface area contributed by atoms with Gasteiger partial charge in [0.05, 0.1) is 5.92 Å². The van der Waals surface area contributed by atoms with E-state index in [1.165, 1.54) is 0 Å². The number of rotatable bonds is 6. The Kier molecular flexibility index (Phi) is 6.53. The molecule has 0 bridgehead atoms. The summed E-state index contributed by atoms with van der Waals surface area (Å²) in [6.07, 6.45) is 0.885. The number of carboxylic acids is 1. The van der Waals surface area contributed by atoms with Crippen molar-refractivity contribution in [1.29, 1.82) is 0 Å². The second kappa shape index (κ2) is 7.09. The number of aliphatic carboxylic acids is 1. The van der Waals surface area contributed by atoms with Gasteiger partial charge in [0.15, 0.2) is 0 Å². The average molecular weight is 230 g/mol. The summed E-state index contributed by atoms with van der Waals surface area (Å²) in [4.78, 5) is 24.0. The Hall–Kier alpha value is -1.26. The SMILES string of the molecule is CCC(C)N(CC)C(=O)NCC(C)C(=O)O. The summed E-state index contributed by atoms with van der Waals surface area (Å²) in [5, 5.41) is 11.3. The topological polar surface area (TPSA) is 69.6 Å². The van der Waals surface area contributed by atoms with E-state index in [0.29, 0.717) is 6.54 Å². The summed E-state index contributed by atoms with van der Waals surface area (Å²) >= 11 is 0. The zero-order valence-electron chi connectivity index (χ0n) is 10.5. The summed E-state index contributed by atoms with van der Waals surface area (Å²) < 4.78 is 0. The maximum absolute atomic E-state index is 11.7. The van der Waals surface area contributed by atoms with E-state index in [1.807, 2.05) is 20.8 Å². The van der Waals surface area contributed by atoms with Gasteiger partial charge < -0.3 is 15.3 Å². The van der Waals surface area contributed by atoms with Crippen molar-refractivity contribution in [3.05, 3.63) is 0 Å². The minimum Gasteiger partial charge on any atom is -0.481 e. The third kappa shape index (κ3) is 4.51. The molecule has 2 amide bonds. The van der Waals surface area contributed by atoms with E-state index in [1.54, 1.807) is 11.8 Å². The van der Waals surface area contributed by atoms with Gasteiger partial charge in [0.2, 0.25) is 0 Å². The third-order valence-electron chi connectivity index (χ3n) is 2.71. The van der Waals surface area contributed by atoms with Gasteiger partial charge in [-0.05, 0) is 20.3 Å². The Morgan fingerprint density at radius 1 is 1.31 bits per heavy atom. The molecule has 0 radical (unpaired) electrons. The fourth-order valence-electron chi connectivity index (χ4n) is 1.31. The molecule has 0 rings (SSSR count). The number of carbonyl (C=O) groups excluding carboxylic acids is 1. The molecule has 2 atom stereocenters. The predicted octanol–water partition coefficient (Wildman–Crippen LogP) is 1.54. The van der Waals surface area contributed by atoms with Crippen LogP contribution in [0.15, 0.2) is 0 Å². The Labute approximate surface area is 96.8 Å². The smallest absolute Gasteiger partial charge is 0.317 e. The zero-order valence-corrected chi connectivity index (χ0v) is 10.5. The largest absolute Gasteiger partial charge is 0.481 e. The average Bonchev–Trinajstić information content (AvgIpc) is 2.26. The fraction of sp³-hybridized carbons (Fsp3) is 0.818. The second-order valence-corrected chi connectivity index (χ2v) is 3.97. The number of amides is 2. The molecule has 0 fully saturated rings. The van der Waals surface area contributed by atoms with Crippen LogP contribution in [0.5, 0.6) is 0 Å². The van der Waals surface area contributed by atoms with Crippen LogP contribution in [0.4, 0.5) is 4.79 Å². The van der Waals surface area contributed by atoms with Gasteiger partial charge in [0.1, 0.15) is 0 Å². The van der Waals surface area contributed by atoms with Gasteiger partial charge in [-0.1, -0.05) is 13.8 Å².